The van der Waals surface area contributed by atoms with Gasteiger partial charge >= 0.3 is 0 Å². The molecule has 102 valence electrons. The van der Waals surface area contributed by atoms with Gasteiger partial charge in [0.15, 0.2) is 5.75 Å². The minimum atomic E-state index is 0.0781. The number of rotatable bonds is 6. The maximum absolute atomic E-state index is 5.83. The number of nitrogens with zero attached hydrogens (tertiary/aromatic N) is 3. The molecule has 0 amide bonds. The van der Waals surface area contributed by atoms with Crippen LogP contribution in [0.25, 0.3) is 0 Å². The Hall–Kier alpha value is -1.88. The largest absolute Gasteiger partial charge is 0.435 e. The third kappa shape index (κ3) is 3.79. The highest BCUT2D eigenvalue weighted by Gasteiger charge is 2.09. The summed E-state index contributed by atoms with van der Waals surface area (Å²) in [7, 11) is 0. The number of nitrogens with two attached hydrogens (primary N) is 1. The van der Waals surface area contributed by atoms with Crippen LogP contribution in [0.3, 0.4) is 0 Å². The van der Waals surface area contributed by atoms with Crippen LogP contribution in [-0.4, -0.2) is 20.8 Å². The molecular weight excluding hydrogens is 240 g/mol. The molecule has 19 heavy (non-hydrogen) atoms. The van der Waals surface area contributed by atoms with Crippen molar-refractivity contribution >= 4 is 0 Å². The summed E-state index contributed by atoms with van der Waals surface area (Å²) < 4.78 is 7.65. The maximum Gasteiger partial charge on any atom is 0.222 e. The monoisotopic (exact) mass is 260 g/mol. The predicted molar refractivity (Wildman–Crippen MR) is 74.2 cm³/mol. The molecule has 0 radical (unpaired) electrons. The molecule has 2 aromatic heterocycles. The minimum absolute atomic E-state index is 0.0781. The van der Waals surface area contributed by atoms with Crippen LogP contribution in [0.15, 0.2) is 30.7 Å². The van der Waals surface area contributed by atoms with Crippen molar-refractivity contribution in [2.24, 2.45) is 5.73 Å². The molecule has 0 aliphatic heterocycles. The first-order chi connectivity index (χ1) is 9.19. The van der Waals surface area contributed by atoms with E-state index in [9.17, 15) is 0 Å². The summed E-state index contributed by atoms with van der Waals surface area (Å²) in [6, 6.07) is 3.96. The first kappa shape index (κ1) is 13.5. The van der Waals surface area contributed by atoms with Crippen LogP contribution < -0.4 is 10.5 Å². The number of hydrogen-bond donors (Lipinski definition) is 1. The van der Waals surface area contributed by atoms with E-state index in [1.54, 1.807) is 12.4 Å². The van der Waals surface area contributed by atoms with Crippen molar-refractivity contribution in [3.8, 4) is 11.6 Å². The number of hydrogen-bond acceptors (Lipinski definition) is 4. The third-order valence-electron chi connectivity index (χ3n) is 2.67. The van der Waals surface area contributed by atoms with E-state index in [2.05, 4.69) is 17.0 Å². The SMILES string of the molecule is CCCn1cc(Oc2ncccc2CC(C)N)cn1. The fourth-order valence-corrected chi connectivity index (χ4v) is 1.88. The molecule has 5 nitrogen and oxygen atoms in total. The standard InChI is InChI=1S/C14H20N4O/c1-3-7-18-10-13(9-17-18)19-14-12(8-11(2)15)5-4-6-16-14/h4-6,9-11H,3,7-8,15H2,1-2H3. The van der Waals surface area contributed by atoms with E-state index >= 15 is 0 Å². The van der Waals surface area contributed by atoms with Crippen LogP contribution in [0, 0.1) is 0 Å². The van der Waals surface area contributed by atoms with E-state index in [1.807, 2.05) is 29.9 Å². The Bertz CT molecular complexity index is 522. The van der Waals surface area contributed by atoms with E-state index in [-0.39, 0.29) is 6.04 Å². The van der Waals surface area contributed by atoms with E-state index in [1.165, 1.54) is 0 Å². The van der Waals surface area contributed by atoms with E-state index in [4.69, 9.17) is 10.5 Å². The molecule has 0 fully saturated rings. The molecule has 2 rings (SSSR count). The number of aryl methyl sites for hydroxylation is 1. The number of pyridine rings is 1. The Kier molecular flexibility index (Phi) is 4.52. The average molecular weight is 260 g/mol. The first-order valence-electron chi connectivity index (χ1n) is 6.58. The van der Waals surface area contributed by atoms with Crippen LogP contribution >= 0.6 is 0 Å². The van der Waals surface area contributed by atoms with Gasteiger partial charge in [-0.15, -0.1) is 0 Å². The number of ether oxygens (including phenoxy) is 1. The molecule has 0 aliphatic rings. The fourth-order valence-electron chi connectivity index (χ4n) is 1.88. The zero-order chi connectivity index (χ0) is 13.7. The number of aromatic nitrogens is 3. The van der Waals surface area contributed by atoms with Crippen molar-refractivity contribution in [2.45, 2.75) is 39.3 Å². The molecule has 0 saturated heterocycles. The van der Waals surface area contributed by atoms with Crippen LogP contribution in [0.2, 0.25) is 0 Å². The van der Waals surface area contributed by atoms with Gasteiger partial charge in [-0.2, -0.15) is 5.10 Å². The molecule has 0 aliphatic carbocycles. The Morgan fingerprint density at radius 3 is 3.05 bits per heavy atom. The Balaban J connectivity index is 2.13. The second kappa shape index (κ2) is 6.33. The Morgan fingerprint density at radius 2 is 2.32 bits per heavy atom. The van der Waals surface area contributed by atoms with Crippen molar-refractivity contribution < 1.29 is 4.74 Å². The third-order valence-corrected chi connectivity index (χ3v) is 2.67. The van der Waals surface area contributed by atoms with Gasteiger partial charge in [0.2, 0.25) is 5.88 Å². The fraction of sp³-hybridized carbons (Fsp3) is 0.429. The molecule has 2 heterocycles. The summed E-state index contributed by atoms with van der Waals surface area (Å²) in [5, 5.41) is 4.23. The summed E-state index contributed by atoms with van der Waals surface area (Å²) in [5.41, 5.74) is 6.85. The smallest absolute Gasteiger partial charge is 0.222 e. The highest BCUT2D eigenvalue weighted by atomic mass is 16.5. The van der Waals surface area contributed by atoms with Gasteiger partial charge in [-0.1, -0.05) is 13.0 Å². The molecule has 0 saturated carbocycles. The second-order valence-corrected chi connectivity index (χ2v) is 4.69. The highest BCUT2D eigenvalue weighted by molar-refractivity contribution is 5.30. The molecule has 5 heteroatoms. The average Bonchev–Trinajstić information content (AvgIpc) is 2.79. The summed E-state index contributed by atoms with van der Waals surface area (Å²) in [5.74, 6) is 1.31. The van der Waals surface area contributed by atoms with Crippen molar-refractivity contribution in [2.75, 3.05) is 0 Å². The van der Waals surface area contributed by atoms with Crippen LogP contribution in [-0.2, 0) is 13.0 Å². The zero-order valence-electron chi connectivity index (χ0n) is 11.4. The summed E-state index contributed by atoms with van der Waals surface area (Å²) >= 11 is 0. The van der Waals surface area contributed by atoms with Crippen molar-refractivity contribution in [3.05, 3.63) is 36.3 Å². The predicted octanol–water partition coefficient (Wildman–Crippen LogP) is 2.37. The van der Waals surface area contributed by atoms with E-state index < -0.39 is 0 Å². The van der Waals surface area contributed by atoms with Gasteiger partial charge in [-0.3, -0.25) is 4.68 Å². The van der Waals surface area contributed by atoms with E-state index in [0.29, 0.717) is 11.6 Å². The van der Waals surface area contributed by atoms with E-state index in [0.717, 1.165) is 24.9 Å². The second-order valence-electron chi connectivity index (χ2n) is 4.69. The summed E-state index contributed by atoms with van der Waals surface area (Å²) in [6.07, 6.45) is 7.09. The van der Waals surface area contributed by atoms with Gasteiger partial charge in [0.05, 0.1) is 12.4 Å². The zero-order valence-corrected chi connectivity index (χ0v) is 11.4. The molecule has 0 bridgehead atoms. The normalized spacial score (nSPS) is 12.4. The lowest BCUT2D eigenvalue weighted by atomic mass is 10.1. The van der Waals surface area contributed by atoms with Gasteiger partial charge in [0.1, 0.15) is 0 Å². The lowest BCUT2D eigenvalue weighted by Gasteiger charge is -2.10. The highest BCUT2D eigenvalue weighted by Crippen LogP contribution is 2.23. The van der Waals surface area contributed by atoms with Gasteiger partial charge in [0, 0.05) is 24.3 Å². The lowest BCUT2D eigenvalue weighted by Crippen LogP contribution is -2.18. The molecule has 2 aromatic rings. The van der Waals surface area contributed by atoms with Crippen molar-refractivity contribution in [3.63, 3.8) is 0 Å². The molecule has 1 unspecified atom stereocenters. The van der Waals surface area contributed by atoms with Crippen LogP contribution in [0.4, 0.5) is 0 Å². The molecule has 1 atom stereocenters. The summed E-state index contributed by atoms with van der Waals surface area (Å²) in [4.78, 5) is 4.27. The molecular formula is C14H20N4O. The molecule has 0 spiro atoms. The molecule has 2 N–H and O–H groups in total. The van der Waals surface area contributed by atoms with Crippen LogP contribution in [0.5, 0.6) is 11.6 Å². The maximum atomic E-state index is 5.83. The first-order valence-corrected chi connectivity index (χ1v) is 6.58. The van der Waals surface area contributed by atoms with Gasteiger partial charge < -0.3 is 10.5 Å². The topological polar surface area (TPSA) is 66.0 Å². The van der Waals surface area contributed by atoms with Gasteiger partial charge in [-0.05, 0) is 25.8 Å². The quantitative estimate of drug-likeness (QED) is 0.866. The summed E-state index contributed by atoms with van der Waals surface area (Å²) in [6.45, 7) is 4.97. The van der Waals surface area contributed by atoms with Gasteiger partial charge in [-0.25, -0.2) is 4.98 Å². The van der Waals surface area contributed by atoms with Crippen molar-refractivity contribution in [1.29, 1.82) is 0 Å². The van der Waals surface area contributed by atoms with Crippen LogP contribution in [0.1, 0.15) is 25.8 Å². The Morgan fingerprint density at radius 1 is 1.47 bits per heavy atom. The lowest BCUT2D eigenvalue weighted by molar-refractivity contribution is 0.452. The van der Waals surface area contributed by atoms with Gasteiger partial charge in [0.25, 0.3) is 0 Å². The molecule has 0 aromatic carbocycles. The Labute approximate surface area is 113 Å². The minimum Gasteiger partial charge on any atom is -0.435 e. The van der Waals surface area contributed by atoms with Crippen molar-refractivity contribution in [1.82, 2.24) is 14.8 Å².